The first-order valence-electron chi connectivity index (χ1n) is 4.72. The van der Waals surface area contributed by atoms with Gasteiger partial charge in [-0.15, -0.1) is 6.58 Å². The number of H-pyrrole nitrogens is 1. The molecule has 0 radical (unpaired) electrons. The van der Waals surface area contributed by atoms with Gasteiger partial charge < -0.3 is 10.3 Å². The van der Waals surface area contributed by atoms with Crippen molar-refractivity contribution in [1.82, 2.24) is 4.98 Å². The van der Waals surface area contributed by atoms with Crippen molar-refractivity contribution < 1.29 is 0 Å². The second-order valence-electron chi connectivity index (χ2n) is 3.20. The van der Waals surface area contributed by atoms with Crippen LogP contribution in [0.25, 0.3) is 10.9 Å². The number of rotatable bonds is 3. The highest BCUT2D eigenvalue weighted by molar-refractivity contribution is 5.91. The van der Waals surface area contributed by atoms with Gasteiger partial charge in [-0.05, 0) is 6.07 Å². The number of nitriles is 1. The zero-order chi connectivity index (χ0) is 10.7. The third-order valence-electron chi connectivity index (χ3n) is 2.24. The Morgan fingerprint density at radius 1 is 1.47 bits per heavy atom. The molecule has 3 heteroatoms. The number of hydrogen-bond acceptors (Lipinski definition) is 2. The van der Waals surface area contributed by atoms with Crippen LogP contribution in [0, 0.1) is 11.3 Å². The largest absolute Gasteiger partial charge is 0.367 e. The molecule has 3 nitrogen and oxygen atoms in total. The highest BCUT2D eigenvalue weighted by Gasteiger charge is 2.08. The van der Waals surface area contributed by atoms with Gasteiger partial charge in [0.15, 0.2) is 0 Å². The Balaban J connectivity index is 2.55. The molecule has 1 aromatic carbocycles. The highest BCUT2D eigenvalue weighted by atomic mass is 15.0. The van der Waals surface area contributed by atoms with E-state index in [1.165, 1.54) is 0 Å². The van der Waals surface area contributed by atoms with Crippen LogP contribution in [0.4, 0.5) is 5.82 Å². The maximum absolute atomic E-state index is 9.07. The smallest absolute Gasteiger partial charge is 0.122 e. The van der Waals surface area contributed by atoms with Crippen molar-refractivity contribution in [2.24, 2.45) is 0 Å². The molecule has 15 heavy (non-hydrogen) atoms. The molecule has 2 rings (SSSR count). The topological polar surface area (TPSA) is 51.6 Å². The van der Waals surface area contributed by atoms with E-state index in [4.69, 9.17) is 5.26 Å². The Bertz CT molecular complexity index is 531. The van der Waals surface area contributed by atoms with Gasteiger partial charge in [-0.3, -0.25) is 0 Å². The van der Waals surface area contributed by atoms with E-state index < -0.39 is 0 Å². The third kappa shape index (κ3) is 1.57. The number of para-hydroxylation sites is 1. The molecule has 0 bridgehead atoms. The van der Waals surface area contributed by atoms with E-state index in [9.17, 15) is 0 Å². The minimum Gasteiger partial charge on any atom is -0.367 e. The molecular weight excluding hydrogens is 186 g/mol. The SMILES string of the molecule is C=CCNc1[nH]c2ccccc2c1C#N. The van der Waals surface area contributed by atoms with E-state index in [2.05, 4.69) is 22.9 Å². The number of anilines is 1. The molecular formula is C12H11N3. The Morgan fingerprint density at radius 3 is 3.00 bits per heavy atom. The first kappa shape index (κ1) is 9.35. The van der Waals surface area contributed by atoms with Crippen LogP contribution in [0.2, 0.25) is 0 Å². The van der Waals surface area contributed by atoms with Crippen LogP contribution in [0.15, 0.2) is 36.9 Å². The van der Waals surface area contributed by atoms with Gasteiger partial charge in [0.2, 0.25) is 0 Å². The van der Waals surface area contributed by atoms with E-state index in [1.54, 1.807) is 6.08 Å². The molecule has 0 spiro atoms. The molecule has 0 amide bonds. The lowest BCUT2D eigenvalue weighted by Gasteiger charge is -1.98. The van der Waals surface area contributed by atoms with Crippen LogP contribution < -0.4 is 5.32 Å². The molecule has 1 aromatic heterocycles. The Hall–Kier alpha value is -2.21. The second-order valence-corrected chi connectivity index (χ2v) is 3.20. The van der Waals surface area contributed by atoms with Crippen LogP contribution in [-0.2, 0) is 0 Å². The standard InChI is InChI=1S/C12H11N3/c1-2-7-14-12-10(8-13)9-5-3-4-6-11(9)15-12/h2-6,14-15H,1,7H2. The second kappa shape index (κ2) is 3.89. The van der Waals surface area contributed by atoms with Gasteiger partial charge in [0.05, 0.1) is 0 Å². The maximum Gasteiger partial charge on any atom is 0.122 e. The van der Waals surface area contributed by atoms with Crippen LogP contribution in [0.1, 0.15) is 5.56 Å². The van der Waals surface area contributed by atoms with Crippen molar-refractivity contribution in [2.75, 3.05) is 11.9 Å². The van der Waals surface area contributed by atoms with Crippen molar-refractivity contribution in [3.8, 4) is 6.07 Å². The fourth-order valence-corrected chi connectivity index (χ4v) is 1.56. The Labute approximate surface area is 88.0 Å². The third-order valence-corrected chi connectivity index (χ3v) is 2.24. The minimum absolute atomic E-state index is 0.640. The summed E-state index contributed by atoms with van der Waals surface area (Å²) in [5, 5.41) is 13.1. The van der Waals surface area contributed by atoms with Crippen molar-refractivity contribution in [2.45, 2.75) is 0 Å². The van der Waals surface area contributed by atoms with Crippen molar-refractivity contribution in [3.63, 3.8) is 0 Å². The fraction of sp³-hybridized carbons (Fsp3) is 0.0833. The molecule has 0 unspecified atom stereocenters. The van der Waals surface area contributed by atoms with Crippen molar-refractivity contribution in [3.05, 3.63) is 42.5 Å². The molecule has 74 valence electrons. The van der Waals surface area contributed by atoms with Gasteiger partial charge in [0, 0.05) is 17.4 Å². The van der Waals surface area contributed by atoms with Crippen LogP contribution in [-0.4, -0.2) is 11.5 Å². The summed E-state index contributed by atoms with van der Waals surface area (Å²) in [4.78, 5) is 3.17. The summed E-state index contributed by atoms with van der Waals surface area (Å²) < 4.78 is 0. The lowest BCUT2D eigenvalue weighted by atomic mass is 10.2. The molecule has 2 N–H and O–H groups in total. The van der Waals surface area contributed by atoms with Gasteiger partial charge in [-0.25, -0.2) is 0 Å². The zero-order valence-corrected chi connectivity index (χ0v) is 8.25. The summed E-state index contributed by atoms with van der Waals surface area (Å²) in [7, 11) is 0. The predicted octanol–water partition coefficient (Wildman–Crippen LogP) is 2.64. The summed E-state index contributed by atoms with van der Waals surface area (Å²) >= 11 is 0. The maximum atomic E-state index is 9.07. The summed E-state index contributed by atoms with van der Waals surface area (Å²) in [5.41, 5.74) is 1.63. The number of aromatic amines is 1. The summed E-state index contributed by atoms with van der Waals surface area (Å²) in [6.45, 7) is 4.27. The van der Waals surface area contributed by atoms with E-state index in [0.29, 0.717) is 12.1 Å². The van der Waals surface area contributed by atoms with E-state index >= 15 is 0 Å². The molecule has 0 aliphatic rings. The van der Waals surface area contributed by atoms with Gasteiger partial charge in [0.1, 0.15) is 17.5 Å². The zero-order valence-electron chi connectivity index (χ0n) is 8.25. The average molecular weight is 197 g/mol. The van der Waals surface area contributed by atoms with Gasteiger partial charge >= 0.3 is 0 Å². The number of nitrogens with one attached hydrogen (secondary N) is 2. The number of nitrogens with zero attached hydrogens (tertiary/aromatic N) is 1. The number of aromatic nitrogens is 1. The summed E-state index contributed by atoms with van der Waals surface area (Å²) in [5.74, 6) is 0.763. The first-order chi connectivity index (χ1) is 7.36. The number of fused-ring (bicyclic) bond motifs is 1. The molecule has 0 aliphatic carbocycles. The Kier molecular flexibility index (Phi) is 2.42. The fourth-order valence-electron chi connectivity index (χ4n) is 1.56. The molecule has 0 fully saturated rings. The molecule has 0 saturated heterocycles. The predicted molar refractivity (Wildman–Crippen MR) is 61.7 cm³/mol. The average Bonchev–Trinajstić information content (AvgIpc) is 2.63. The van der Waals surface area contributed by atoms with E-state index in [1.807, 2.05) is 24.3 Å². The van der Waals surface area contributed by atoms with E-state index in [0.717, 1.165) is 16.7 Å². The monoisotopic (exact) mass is 197 g/mol. The number of hydrogen-bond donors (Lipinski definition) is 2. The van der Waals surface area contributed by atoms with Gasteiger partial charge in [-0.2, -0.15) is 5.26 Å². The quantitative estimate of drug-likeness (QED) is 0.743. The van der Waals surface area contributed by atoms with Crippen LogP contribution in [0.5, 0.6) is 0 Å². The summed E-state index contributed by atoms with van der Waals surface area (Å²) in [6.07, 6.45) is 1.76. The summed E-state index contributed by atoms with van der Waals surface area (Å²) in [6, 6.07) is 9.95. The molecule has 0 atom stereocenters. The first-order valence-corrected chi connectivity index (χ1v) is 4.72. The van der Waals surface area contributed by atoms with Crippen LogP contribution in [0.3, 0.4) is 0 Å². The molecule has 1 heterocycles. The highest BCUT2D eigenvalue weighted by Crippen LogP contribution is 2.24. The van der Waals surface area contributed by atoms with Crippen LogP contribution >= 0.6 is 0 Å². The van der Waals surface area contributed by atoms with E-state index in [-0.39, 0.29) is 0 Å². The Morgan fingerprint density at radius 2 is 2.27 bits per heavy atom. The molecule has 2 aromatic rings. The lowest BCUT2D eigenvalue weighted by molar-refractivity contribution is 1.28. The normalized spacial score (nSPS) is 9.80. The van der Waals surface area contributed by atoms with Gasteiger partial charge in [0.25, 0.3) is 0 Å². The lowest BCUT2D eigenvalue weighted by Crippen LogP contribution is -1.99. The molecule has 0 saturated carbocycles. The van der Waals surface area contributed by atoms with Gasteiger partial charge in [-0.1, -0.05) is 24.3 Å². The molecule has 0 aliphatic heterocycles. The number of benzene rings is 1. The van der Waals surface area contributed by atoms with Crippen molar-refractivity contribution in [1.29, 1.82) is 5.26 Å². The van der Waals surface area contributed by atoms with Crippen molar-refractivity contribution >= 4 is 16.7 Å². The minimum atomic E-state index is 0.640.